The molecule has 0 aromatic rings. The van der Waals surface area contributed by atoms with Crippen molar-refractivity contribution in [1.82, 2.24) is 9.99 Å². The zero-order chi connectivity index (χ0) is 36.3. The summed E-state index contributed by atoms with van der Waals surface area (Å²) in [6.07, 6.45) is 24.4. The van der Waals surface area contributed by atoms with Gasteiger partial charge in [0.1, 0.15) is 0 Å². The van der Waals surface area contributed by atoms with Crippen molar-refractivity contribution in [1.29, 1.82) is 0 Å². The molecule has 0 saturated carbocycles. The summed E-state index contributed by atoms with van der Waals surface area (Å²) in [5.41, 5.74) is 0. The number of ether oxygens (including phenoxy) is 1. The van der Waals surface area contributed by atoms with Crippen LogP contribution >= 0.6 is 8.53 Å². The largest absolute Gasteiger partial charge is 0.394 e. The number of hydrogen-bond donors (Lipinski definition) is 3. The lowest BCUT2D eigenvalue weighted by atomic mass is 10.1. The van der Waals surface area contributed by atoms with Gasteiger partial charge in [0.05, 0.1) is 38.6 Å². The van der Waals surface area contributed by atoms with Crippen molar-refractivity contribution in [2.75, 3.05) is 33.0 Å². The predicted molar refractivity (Wildman–Crippen MR) is 206 cm³/mol. The first-order chi connectivity index (χ1) is 23.2. The van der Waals surface area contributed by atoms with Gasteiger partial charge in [0.15, 0.2) is 0 Å². The topological polar surface area (TPSA) is 100 Å². The molecule has 0 aliphatic rings. The van der Waals surface area contributed by atoms with Gasteiger partial charge in [-0.25, -0.2) is 4.67 Å². The smallest absolute Gasteiger partial charge is 0.259 e. The molecule has 0 bridgehead atoms. The normalized spacial score (nSPS) is 13.4. The second kappa shape index (κ2) is 37.7. The van der Waals surface area contributed by atoms with Gasteiger partial charge in [-0.3, -0.25) is 4.79 Å². The number of hydrogen-bond acceptors (Lipinski definition) is 7. The number of carbonyl (C=O) groups is 1. The molecule has 0 aromatic carbocycles. The highest BCUT2D eigenvalue weighted by molar-refractivity contribution is 7.44. The van der Waals surface area contributed by atoms with Crippen molar-refractivity contribution < 1.29 is 28.8 Å². The number of aliphatic hydroxyl groups excluding tert-OH is 2. The Hall–Kier alpha value is -0.600. The fourth-order valence-electron chi connectivity index (χ4n) is 5.39. The lowest BCUT2D eigenvalue weighted by molar-refractivity contribution is -0.122. The van der Waals surface area contributed by atoms with E-state index in [4.69, 9.17) is 13.8 Å². The Morgan fingerprint density at radius 2 is 1.27 bits per heavy atom. The minimum Gasteiger partial charge on any atom is -0.394 e. The van der Waals surface area contributed by atoms with Crippen LogP contribution in [0.15, 0.2) is 12.7 Å². The number of unbranched alkanes of at least 4 members (excludes halogenated alkanes) is 14. The van der Waals surface area contributed by atoms with Crippen LogP contribution in [-0.2, 0) is 18.6 Å². The third kappa shape index (κ3) is 32.6. The van der Waals surface area contributed by atoms with E-state index >= 15 is 0 Å². The first-order valence-electron chi connectivity index (χ1n) is 19.8. The Morgan fingerprint density at radius 3 is 1.75 bits per heavy atom. The maximum Gasteiger partial charge on any atom is 0.259 e. The summed E-state index contributed by atoms with van der Waals surface area (Å²) in [6, 6.07) is 0.488. The van der Waals surface area contributed by atoms with Crippen LogP contribution in [0.4, 0.5) is 0 Å². The molecule has 0 heterocycles. The molecule has 9 heteroatoms. The molecular weight excluding hydrogens is 623 g/mol. The van der Waals surface area contributed by atoms with Crippen LogP contribution in [-0.4, -0.2) is 78.1 Å². The SMILES string of the molecule is C=CCOP(OCCC)N(C(C)C)C(C)C.CCCCCCCCCCCCCC(=O)N[C@@H](CO)COCC[C@H](O)CCCCCCC. The second-order valence-corrected chi connectivity index (χ2v) is 15.1. The minimum absolute atomic E-state index is 0.00399. The molecule has 288 valence electrons. The molecule has 0 aliphatic heterocycles. The third-order valence-electron chi connectivity index (χ3n) is 8.10. The van der Waals surface area contributed by atoms with Crippen molar-refractivity contribution in [2.45, 2.75) is 201 Å². The Labute approximate surface area is 299 Å². The van der Waals surface area contributed by atoms with E-state index in [9.17, 15) is 15.0 Å². The number of nitrogens with zero attached hydrogens (tertiary/aromatic N) is 1. The van der Waals surface area contributed by atoms with Crippen LogP contribution in [0, 0.1) is 0 Å². The molecule has 48 heavy (non-hydrogen) atoms. The van der Waals surface area contributed by atoms with E-state index in [-0.39, 0.29) is 24.7 Å². The van der Waals surface area contributed by atoms with E-state index < -0.39 is 8.53 Å². The van der Waals surface area contributed by atoms with Gasteiger partial charge < -0.3 is 29.3 Å². The van der Waals surface area contributed by atoms with E-state index in [1.807, 2.05) is 0 Å². The molecule has 8 nitrogen and oxygen atoms in total. The van der Waals surface area contributed by atoms with Gasteiger partial charge in [0.25, 0.3) is 8.53 Å². The number of amides is 1. The van der Waals surface area contributed by atoms with Crippen molar-refractivity contribution >= 4 is 14.4 Å². The van der Waals surface area contributed by atoms with E-state index in [1.165, 1.54) is 83.5 Å². The fraction of sp³-hybridized carbons (Fsp3) is 0.923. The quantitative estimate of drug-likeness (QED) is 0.0348. The van der Waals surface area contributed by atoms with Crippen LogP contribution in [0.2, 0.25) is 0 Å². The summed E-state index contributed by atoms with van der Waals surface area (Å²) in [5, 5.41) is 22.4. The Bertz CT molecular complexity index is 677. The monoisotopic (exact) mass is 705 g/mol. The first-order valence-corrected chi connectivity index (χ1v) is 20.9. The van der Waals surface area contributed by atoms with Crippen LogP contribution in [0.25, 0.3) is 0 Å². The third-order valence-corrected chi connectivity index (χ3v) is 10.2. The molecule has 3 atom stereocenters. The standard InChI is InChI=1S/C27H55NO4.C12H26NO2P/c1-3-5-7-9-10-11-12-13-14-16-18-20-27(31)28-25(23-29)24-32-22-21-26(30)19-17-15-8-6-4-2;1-7-9-14-16(15-10-8-2)13(11(3)4)12(5)6/h25-26,29-30H,3-24H2,1-2H3,(H,28,31);7,11-12H,1,8-10H2,2-6H3/t25-,26+;/m0./s1. The van der Waals surface area contributed by atoms with E-state index in [0.717, 1.165) is 38.7 Å². The summed E-state index contributed by atoms with van der Waals surface area (Å²) >= 11 is 0. The maximum atomic E-state index is 12.1. The Kier molecular flexibility index (Phi) is 38.8. The number of nitrogens with one attached hydrogen (secondary N) is 1. The Morgan fingerprint density at radius 1 is 0.750 bits per heavy atom. The fourth-order valence-corrected chi connectivity index (χ4v) is 7.06. The summed E-state index contributed by atoms with van der Waals surface area (Å²) in [5.74, 6) is -0.00399. The Balaban J connectivity index is 0. The van der Waals surface area contributed by atoms with Gasteiger partial charge in [-0.1, -0.05) is 123 Å². The average molecular weight is 705 g/mol. The molecule has 0 saturated heterocycles. The van der Waals surface area contributed by atoms with E-state index in [1.54, 1.807) is 6.08 Å². The maximum absolute atomic E-state index is 12.1. The van der Waals surface area contributed by atoms with Crippen LogP contribution < -0.4 is 5.32 Å². The zero-order valence-corrected chi connectivity index (χ0v) is 33.6. The minimum atomic E-state index is -0.953. The molecule has 0 fully saturated rings. The lowest BCUT2D eigenvalue weighted by Gasteiger charge is -2.35. The van der Waals surface area contributed by atoms with Gasteiger partial charge in [0.2, 0.25) is 5.91 Å². The number of aliphatic hydroxyl groups is 2. The predicted octanol–water partition coefficient (Wildman–Crippen LogP) is 10.3. The van der Waals surface area contributed by atoms with Crippen LogP contribution in [0.1, 0.15) is 177 Å². The van der Waals surface area contributed by atoms with Gasteiger partial charge in [-0.15, -0.1) is 6.58 Å². The van der Waals surface area contributed by atoms with Crippen LogP contribution in [0.5, 0.6) is 0 Å². The van der Waals surface area contributed by atoms with E-state index in [0.29, 0.717) is 44.7 Å². The summed E-state index contributed by atoms with van der Waals surface area (Å²) in [7, 11) is -0.953. The van der Waals surface area contributed by atoms with Gasteiger partial charge in [0, 0.05) is 25.1 Å². The van der Waals surface area contributed by atoms with Crippen molar-refractivity contribution in [2.24, 2.45) is 0 Å². The zero-order valence-electron chi connectivity index (χ0n) is 32.7. The summed E-state index contributed by atoms with van der Waals surface area (Å²) in [6.45, 7) is 20.8. The second-order valence-electron chi connectivity index (χ2n) is 13.7. The van der Waals surface area contributed by atoms with Crippen LogP contribution in [0.3, 0.4) is 0 Å². The molecule has 0 rings (SSSR count). The summed E-state index contributed by atoms with van der Waals surface area (Å²) in [4.78, 5) is 12.1. The molecule has 1 amide bonds. The lowest BCUT2D eigenvalue weighted by Crippen LogP contribution is -2.40. The molecule has 0 spiro atoms. The molecule has 0 aromatic heterocycles. The van der Waals surface area contributed by atoms with Gasteiger partial charge in [-0.2, -0.15) is 0 Å². The first kappa shape index (κ1) is 49.5. The summed E-state index contributed by atoms with van der Waals surface area (Å²) < 4.78 is 19.4. The van der Waals surface area contributed by atoms with Gasteiger partial charge in [-0.05, 0) is 53.4 Å². The highest BCUT2D eigenvalue weighted by atomic mass is 31.2. The number of rotatable bonds is 34. The molecule has 1 unspecified atom stereocenters. The van der Waals surface area contributed by atoms with E-state index in [2.05, 4.69) is 65.0 Å². The van der Waals surface area contributed by atoms with Crippen molar-refractivity contribution in [3.8, 4) is 0 Å². The average Bonchev–Trinajstić information content (AvgIpc) is 3.05. The molecule has 0 radical (unpaired) electrons. The highest BCUT2D eigenvalue weighted by Gasteiger charge is 2.26. The molecular formula is C39H81N2O6P. The molecule has 0 aliphatic carbocycles. The molecule has 3 N–H and O–H groups in total. The number of carbonyl (C=O) groups excluding carboxylic acids is 1. The van der Waals surface area contributed by atoms with Gasteiger partial charge >= 0.3 is 0 Å². The van der Waals surface area contributed by atoms with Crippen molar-refractivity contribution in [3.05, 3.63) is 12.7 Å². The van der Waals surface area contributed by atoms with Crippen molar-refractivity contribution in [3.63, 3.8) is 0 Å². The highest BCUT2D eigenvalue weighted by Crippen LogP contribution is 2.45.